The Balaban J connectivity index is 1.39. The Morgan fingerprint density at radius 3 is 2.71 bits per heavy atom. The number of aromatic nitrogens is 1. The Hall–Kier alpha value is -3.58. The predicted molar refractivity (Wildman–Crippen MR) is 117 cm³/mol. The van der Waals surface area contributed by atoms with Crippen LogP contribution >= 0.6 is 11.6 Å². The first-order valence-corrected chi connectivity index (χ1v) is 10.3. The summed E-state index contributed by atoms with van der Waals surface area (Å²) in [4.78, 5) is 34.1. The van der Waals surface area contributed by atoms with Gasteiger partial charge < -0.3 is 10.2 Å². The van der Waals surface area contributed by atoms with Crippen LogP contribution in [0.1, 0.15) is 18.9 Å². The molecule has 3 heterocycles. The van der Waals surface area contributed by atoms with Gasteiger partial charge in [-0.2, -0.15) is 18.6 Å². The van der Waals surface area contributed by atoms with Gasteiger partial charge in [0.1, 0.15) is 11.4 Å². The highest BCUT2D eigenvalue weighted by Gasteiger charge is 2.47. The maximum atomic E-state index is 12.8. The van der Waals surface area contributed by atoms with Gasteiger partial charge in [0.2, 0.25) is 6.10 Å². The van der Waals surface area contributed by atoms with Gasteiger partial charge >= 0.3 is 12.2 Å². The van der Waals surface area contributed by atoms with E-state index in [0.717, 1.165) is 5.01 Å². The van der Waals surface area contributed by atoms with E-state index in [1.807, 2.05) is 6.07 Å². The van der Waals surface area contributed by atoms with Crippen LogP contribution < -0.4 is 26.2 Å². The van der Waals surface area contributed by atoms with Crippen molar-refractivity contribution in [3.05, 3.63) is 53.2 Å². The SMILES string of the molecule is CN(NC(=O)C1CC(C2(C)NC(=O)N(c3ccccc3)N2)=NO1)c1ncc(C(F)(F)F)cc1Cl. The molecule has 3 N–H and O–H groups in total. The third kappa shape index (κ3) is 4.56. The van der Waals surface area contributed by atoms with E-state index in [-0.39, 0.29) is 17.3 Å². The second kappa shape index (κ2) is 8.65. The highest BCUT2D eigenvalue weighted by atomic mass is 35.5. The van der Waals surface area contributed by atoms with Crippen molar-refractivity contribution in [1.29, 1.82) is 0 Å². The normalized spacial score (nSPS) is 22.2. The average Bonchev–Trinajstić information content (AvgIpc) is 3.39. The molecule has 1 fully saturated rings. The van der Waals surface area contributed by atoms with E-state index in [4.69, 9.17) is 16.4 Å². The number of hydrogen-bond donors (Lipinski definition) is 3. The van der Waals surface area contributed by atoms with Gasteiger partial charge in [0.05, 0.1) is 16.3 Å². The fourth-order valence-corrected chi connectivity index (χ4v) is 3.70. The van der Waals surface area contributed by atoms with Crippen molar-refractivity contribution in [3.8, 4) is 0 Å². The zero-order chi connectivity index (χ0) is 24.7. The molecule has 0 bridgehead atoms. The lowest BCUT2D eigenvalue weighted by atomic mass is 10.0. The van der Waals surface area contributed by atoms with Crippen LogP contribution in [0.5, 0.6) is 0 Å². The number of nitrogens with zero attached hydrogens (tertiary/aromatic N) is 4. The number of pyridine rings is 1. The van der Waals surface area contributed by atoms with E-state index in [1.54, 1.807) is 31.2 Å². The Morgan fingerprint density at radius 1 is 1.35 bits per heavy atom. The van der Waals surface area contributed by atoms with Crippen LogP contribution in [0.2, 0.25) is 5.02 Å². The Morgan fingerprint density at radius 2 is 2.06 bits per heavy atom. The monoisotopic (exact) mass is 497 g/mol. The summed E-state index contributed by atoms with van der Waals surface area (Å²) in [6, 6.07) is 9.19. The number of alkyl halides is 3. The molecule has 2 aliphatic rings. The first kappa shape index (κ1) is 23.6. The van der Waals surface area contributed by atoms with E-state index in [0.29, 0.717) is 23.7 Å². The highest BCUT2D eigenvalue weighted by Crippen LogP contribution is 2.33. The number of para-hydroxylation sites is 1. The van der Waals surface area contributed by atoms with Crippen LogP contribution in [0, 0.1) is 0 Å². The summed E-state index contributed by atoms with van der Waals surface area (Å²) in [5.41, 5.74) is 4.34. The van der Waals surface area contributed by atoms with Gasteiger partial charge in [0.25, 0.3) is 5.91 Å². The van der Waals surface area contributed by atoms with Crippen molar-refractivity contribution in [2.24, 2.45) is 5.16 Å². The van der Waals surface area contributed by atoms with Crippen LogP contribution in [0.15, 0.2) is 47.8 Å². The molecule has 1 aromatic carbocycles. The fourth-order valence-electron chi connectivity index (χ4n) is 3.40. The smallest absolute Gasteiger partial charge is 0.382 e. The molecular formula is C20H19ClF3N7O3. The lowest BCUT2D eigenvalue weighted by Crippen LogP contribution is -2.55. The molecule has 0 radical (unpaired) electrons. The van der Waals surface area contributed by atoms with Crippen molar-refractivity contribution >= 4 is 40.8 Å². The second-order valence-corrected chi connectivity index (χ2v) is 8.14. The summed E-state index contributed by atoms with van der Waals surface area (Å²) >= 11 is 5.92. The molecule has 0 aliphatic carbocycles. The molecule has 2 aliphatic heterocycles. The molecule has 14 heteroatoms. The van der Waals surface area contributed by atoms with Gasteiger partial charge in [-0.05, 0) is 25.1 Å². The van der Waals surface area contributed by atoms with Crippen LogP contribution in [-0.2, 0) is 15.8 Å². The third-order valence-corrected chi connectivity index (χ3v) is 5.47. The van der Waals surface area contributed by atoms with Gasteiger partial charge in [-0.25, -0.2) is 14.8 Å². The van der Waals surface area contributed by atoms with Crippen molar-refractivity contribution in [1.82, 2.24) is 21.2 Å². The zero-order valence-electron chi connectivity index (χ0n) is 17.9. The highest BCUT2D eigenvalue weighted by molar-refractivity contribution is 6.33. The predicted octanol–water partition coefficient (Wildman–Crippen LogP) is 2.82. The molecule has 0 spiro atoms. The molecule has 1 saturated heterocycles. The van der Waals surface area contributed by atoms with Gasteiger partial charge in [-0.1, -0.05) is 35.0 Å². The van der Waals surface area contributed by atoms with Gasteiger partial charge in [-0.15, -0.1) is 0 Å². The minimum absolute atomic E-state index is 0.0419. The molecular weight excluding hydrogens is 479 g/mol. The Bertz CT molecular complexity index is 1150. The first-order chi connectivity index (χ1) is 16.0. The molecule has 180 valence electrons. The van der Waals surface area contributed by atoms with Crippen LogP contribution in [0.3, 0.4) is 0 Å². The number of nitrogens with one attached hydrogen (secondary N) is 3. The molecule has 2 atom stereocenters. The van der Waals surface area contributed by atoms with Crippen molar-refractivity contribution in [2.75, 3.05) is 17.1 Å². The van der Waals surface area contributed by atoms with Crippen molar-refractivity contribution < 1.29 is 27.6 Å². The number of amides is 3. The number of carbonyl (C=O) groups excluding carboxylic acids is 2. The molecule has 0 saturated carbocycles. The standard InChI is InChI=1S/C20H19ClF3N7O3/c1-19(26-18(33)31(29-19)12-6-4-3-5-7-12)15-9-14(34-28-15)17(32)27-30(2)16-13(21)8-11(10-25-16)20(22,23)24/h3-8,10,14,29H,9H2,1-2H3,(H,26,33)(H,27,32). The summed E-state index contributed by atoms with van der Waals surface area (Å²) < 4.78 is 38.4. The zero-order valence-corrected chi connectivity index (χ0v) is 18.6. The average molecular weight is 498 g/mol. The third-order valence-electron chi connectivity index (χ3n) is 5.19. The summed E-state index contributed by atoms with van der Waals surface area (Å²) in [6.45, 7) is 1.67. The van der Waals surface area contributed by atoms with E-state index < -0.39 is 35.4 Å². The van der Waals surface area contributed by atoms with Gasteiger partial charge in [-0.3, -0.25) is 15.2 Å². The summed E-state index contributed by atoms with van der Waals surface area (Å²) in [6.07, 6.45) is -4.99. The number of benzene rings is 1. The van der Waals surface area contributed by atoms with E-state index in [2.05, 4.69) is 26.3 Å². The second-order valence-electron chi connectivity index (χ2n) is 7.74. The number of halogens is 4. The van der Waals surface area contributed by atoms with E-state index in [9.17, 15) is 22.8 Å². The number of urea groups is 1. The van der Waals surface area contributed by atoms with Crippen LogP contribution in [0.25, 0.3) is 0 Å². The fraction of sp³-hybridized carbons (Fsp3) is 0.300. The number of carbonyl (C=O) groups is 2. The number of oxime groups is 1. The lowest BCUT2D eigenvalue weighted by Gasteiger charge is -2.24. The van der Waals surface area contributed by atoms with Crippen molar-refractivity contribution in [2.45, 2.75) is 31.3 Å². The topological polar surface area (TPSA) is 111 Å². The molecule has 2 unspecified atom stereocenters. The number of hydrogen-bond acceptors (Lipinski definition) is 7. The van der Waals surface area contributed by atoms with Gasteiger partial charge in [0, 0.05) is 19.7 Å². The van der Waals surface area contributed by atoms with Crippen LogP contribution in [-0.4, -0.2) is 41.4 Å². The van der Waals surface area contributed by atoms with Crippen LogP contribution in [0.4, 0.5) is 29.5 Å². The number of rotatable bonds is 5. The largest absolute Gasteiger partial charge is 0.417 e. The van der Waals surface area contributed by atoms with E-state index >= 15 is 0 Å². The Labute approximate surface area is 196 Å². The quantitative estimate of drug-likeness (QED) is 0.548. The summed E-state index contributed by atoms with van der Waals surface area (Å²) in [5, 5.41) is 8.84. The first-order valence-electron chi connectivity index (χ1n) is 9.93. The van der Waals surface area contributed by atoms with E-state index in [1.165, 1.54) is 12.1 Å². The maximum Gasteiger partial charge on any atom is 0.417 e. The molecule has 1 aromatic heterocycles. The minimum atomic E-state index is -4.60. The summed E-state index contributed by atoms with van der Waals surface area (Å²) in [5.74, 6) is -0.718. The molecule has 10 nitrogen and oxygen atoms in total. The number of anilines is 2. The molecule has 34 heavy (non-hydrogen) atoms. The molecule has 2 aromatic rings. The van der Waals surface area contributed by atoms with Gasteiger partial charge in [0.15, 0.2) is 5.82 Å². The number of hydrazine groups is 2. The van der Waals surface area contributed by atoms with Crippen molar-refractivity contribution in [3.63, 3.8) is 0 Å². The minimum Gasteiger partial charge on any atom is -0.382 e. The Kier molecular flexibility index (Phi) is 6.00. The summed E-state index contributed by atoms with van der Waals surface area (Å²) in [7, 11) is 1.37. The molecule has 3 amide bonds. The lowest BCUT2D eigenvalue weighted by molar-refractivity contribution is -0.138. The molecule has 4 rings (SSSR count). The maximum absolute atomic E-state index is 12.8.